The fraction of sp³-hybridized carbons (Fsp3) is 0.429. The zero-order valence-corrected chi connectivity index (χ0v) is 16.6. The SMILES string of the molecule is CC(=O)N[C@@H](C)COc1cc2oc(C3=NC=C(OCC4CC4)C=CC3)nc2cn1.[HH]. The highest BCUT2D eigenvalue weighted by atomic mass is 16.5. The number of hydrogen-bond acceptors (Lipinski definition) is 7. The topological polar surface area (TPSA) is 98.8 Å². The number of carbonyl (C=O) groups excluding carboxylic acids is 1. The molecule has 2 aromatic rings. The third-order valence-electron chi connectivity index (χ3n) is 4.55. The van der Waals surface area contributed by atoms with E-state index in [1.54, 1.807) is 18.5 Å². The van der Waals surface area contributed by atoms with E-state index in [1.165, 1.54) is 19.8 Å². The Morgan fingerprint density at radius 3 is 3.07 bits per heavy atom. The molecule has 3 heterocycles. The van der Waals surface area contributed by atoms with Crippen molar-refractivity contribution in [2.24, 2.45) is 10.9 Å². The zero-order chi connectivity index (χ0) is 20.2. The molecule has 1 atom stereocenters. The van der Waals surface area contributed by atoms with Crippen LogP contribution in [0, 0.1) is 5.92 Å². The minimum atomic E-state index is -0.120. The van der Waals surface area contributed by atoms with Gasteiger partial charge in [0.1, 0.15) is 23.6 Å². The molecule has 0 spiro atoms. The van der Waals surface area contributed by atoms with Crippen LogP contribution in [0.1, 0.15) is 40.4 Å². The number of ether oxygens (including phenoxy) is 2. The van der Waals surface area contributed by atoms with Crippen LogP contribution in [-0.2, 0) is 9.53 Å². The Kier molecular flexibility index (Phi) is 5.59. The van der Waals surface area contributed by atoms with Gasteiger partial charge in [0.25, 0.3) is 0 Å². The minimum Gasteiger partial charge on any atom is -0.492 e. The summed E-state index contributed by atoms with van der Waals surface area (Å²) >= 11 is 0. The van der Waals surface area contributed by atoms with Crippen LogP contribution in [0.4, 0.5) is 0 Å². The molecule has 1 N–H and O–H groups in total. The van der Waals surface area contributed by atoms with E-state index < -0.39 is 0 Å². The van der Waals surface area contributed by atoms with Crippen molar-refractivity contribution < 1.29 is 20.1 Å². The first kappa shape index (κ1) is 19.2. The van der Waals surface area contributed by atoms with Crippen LogP contribution in [-0.4, -0.2) is 40.8 Å². The fourth-order valence-corrected chi connectivity index (χ4v) is 2.87. The lowest BCUT2D eigenvalue weighted by Gasteiger charge is -2.12. The molecule has 1 aliphatic heterocycles. The molecular formula is C21H26N4O4. The largest absolute Gasteiger partial charge is 0.492 e. The summed E-state index contributed by atoms with van der Waals surface area (Å²) in [4.78, 5) is 24.3. The monoisotopic (exact) mass is 398 g/mol. The Morgan fingerprint density at radius 2 is 2.28 bits per heavy atom. The average molecular weight is 398 g/mol. The van der Waals surface area contributed by atoms with Gasteiger partial charge in [0.05, 0.1) is 25.0 Å². The summed E-state index contributed by atoms with van der Waals surface area (Å²) in [5.74, 6) is 2.22. The molecular weight excluding hydrogens is 372 g/mol. The number of fused-ring (bicyclic) bond motifs is 1. The minimum absolute atomic E-state index is 0. The second kappa shape index (κ2) is 8.46. The summed E-state index contributed by atoms with van der Waals surface area (Å²) in [6.45, 7) is 4.39. The standard InChI is InChI=1S/C21H24N4O4.H2/c1-13(24-14(2)26)11-28-20-8-19-18(10-23-20)25-21(29-19)17-5-3-4-16(9-22-17)27-12-15-6-7-15;/h3-4,8-10,13,15H,5-7,11-12H2,1-2H3,(H,24,26);1H/t13-;/m0./s1. The second-order valence-corrected chi connectivity index (χ2v) is 7.39. The fourth-order valence-electron chi connectivity index (χ4n) is 2.87. The van der Waals surface area contributed by atoms with E-state index in [9.17, 15) is 4.79 Å². The smallest absolute Gasteiger partial charge is 0.242 e. The number of rotatable bonds is 8. The normalized spacial score (nSPS) is 17.3. The first-order chi connectivity index (χ1) is 14.1. The second-order valence-electron chi connectivity index (χ2n) is 7.39. The Bertz CT molecular complexity index is 994. The van der Waals surface area contributed by atoms with Crippen LogP contribution in [0.15, 0.2) is 45.8 Å². The van der Waals surface area contributed by atoms with Gasteiger partial charge in [0.2, 0.25) is 17.7 Å². The quantitative estimate of drug-likeness (QED) is 0.732. The zero-order valence-electron chi connectivity index (χ0n) is 16.6. The van der Waals surface area contributed by atoms with Gasteiger partial charge < -0.3 is 19.2 Å². The Morgan fingerprint density at radius 1 is 1.41 bits per heavy atom. The number of pyridine rings is 1. The van der Waals surface area contributed by atoms with Gasteiger partial charge in [0.15, 0.2) is 5.58 Å². The summed E-state index contributed by atoms with van der Waals surface area (Å²) in [6, 6.07) is 1.57. The van der Waals surface area contributed by atoms with Crippen molar-refractivity contribution in [1.29, 1.82) is 0 Å². The number of allylic oxidation sites excluding steroid dienone is 2. The van der Waals surface area contributed by atoms with Gasteiger partial charge in [-0.3, -0.25) is 9.79 Å². The lowest BCUT2D eigenvalue weighted by molar-refractivity contribution is -0.119. The van der Waals surface area contributed by atoms with Crippen molar-refractivity contribution >= 4 is 22.7 Å². The number of amides is 1. The van der Waals surface area contributed by atoms with Gasteiger partial charge in [-0.15, -0.1) is 0 Å². The van der Waals surface area contributed by atoms with E-state index in [-0.39, 0.29) is 13.4 Å². The molecule has 29 heavy (non-hydrogen) atoms. The molecule has 0 bridgehead atoms. The van der Waals surface area contributed by atoms with Crippen LogP contribution in [0.25, 0.3) is 11.1 Å². The van der Waals surface area contributed by atoms with Crippen LogP contribution >= 0.6 is 0 Å². The molecule has 0 saturated heterocycles. The lowest BCUT2D eigenvalue weighted by atomic mass is 10.2. The maximum absolute atomic E-state index is 11.1. The van der Waals surface area contributed by atoms with E-state index in [1.807, 2.05) is 19.1 Å². The number of carbonyl (C=O) groups is 1. The predicted molar refractivity (Wildman–Crippen MR) is 110 cm³/mol. The molecule has 4 rings (SSSR count). The van der Waals surface area contributed by atoms with E-state index in [0.717, 1.165) is 18.1 Å². The van der Waals surface area contributed by atoms with Crippen LogP contribution < -0.4 is 10.1 Å². The van der Waals surface area contributed by atoms with Crippen LogP contribution in [0.5, 0.6) is 5.88 Å². The van der Waals surface area contributed by atoms with Crippen molar-refractivity contribution in [3.05, 3.63) is 42.3 Å². The van der Waals surface area contributed by atoms with Gasteiger partial charge >= 0.3 is 0 Å². The molecule has 1 amide bonds. The highest BCUT2D eigenvalue weighted by Gasteiger charge is 2.22. The Labute approximate surface area is 170 Å². The molecule has 8 heteroatoms. The molecule has 154 valence electrons. The van der Waals surface area contributed by atoms with Crippen molar-refractivity contribution in [1.82, 2.24) is 15.3 Å². The Balaban J connectivity index is 0.00000256. The molecule has 1 saturated carbocycles. The summed E-state index contributed by atoms with van der Waals surface area (Å²) in [5, 5.41) is 2.76. The molecule has 2 aliphatic rings. The molecule has 1 fully saturated rings. The lowest BCUT2D eigenvalue weighted by Crippen LogP contribution is -2.35. The molecule has 0 aromatic carbocycles. The van der Waals surface area contributed by atoms with Crippen molar-refractivity contribution in [2.45, 2.75) is 39.2 Å². The third kappa shape index (κ3) is 5.22. The number of aliphatic imine (C=N–C) groups is 1. The highest BCUT2D eigenvalue weighted by molar-refractivity contribution is 6.00. The first-order valence-electron chi connectivity index (χ1n) is 9.80. The molecule has 1 aliphatic carbocycles. The van der Waals surface area contributed by atoms with Crippen LogP contribution in [0.3, 0.4) is 0 Å². The highest BCUT2D eigenvalue weighted by Crippen LogP contribution is 2.30. The molecule has 2 aromatic heterocycles. The molecule has 0 radical (unpaired) electrons. The number of aromatic nitrogens is 2. The first-order valence-corrected chi connectivity index (χ1v) is 9.80. The van der Waals surface area contributed by atoms with Gasteiger partial charge in [-0.1, -0.05) is 6.08 Å². The van der Waals surface area contributed by atoms with Gasteiger partial charge in [0, 0.05) is 20.8 Å². The van der Waals surface area contributed by atoms with Crippen molar-refractivity contribution in [3.8, 4) is 5.88 Å². The number of nitrogens with one attached hydrogen (secondary N) is 1. The average Bonchev–Trinajstić information content (AvgIpc) is 3.46. The van der Waals surface area contributed by atoms with Crippen molar-refractivity contribution in [2.75, 3.05) is 13.2 Å². The number of hydrogen-bond donors (Lipinski definition) is 1. The van der Waals surface area contributed by atoms with Gasteiger partial charge in [-0.05, 0) is 31.8 Å². The number of oxazole rings is 1. The van der Waals surface area contributed by atoms with Crippen molar-refractivity contribution in [3.63, 3.8) is 0 Å². The van der Waals surface area contributed by atoms with E-state index >= 15 is 0 Å². The van der Waals surface area contributed by atoms with Gasteiger partial charge in [-0.2, -0.15) is 0 Å². The third-order valence-corrected chi connectivity index (χ3v) is 4.55. The van der Waals surface area contributed by atoms with Gasteiger partial charge in [-0.25, -0.2) is 9.97 Å². The summed E-state index contributed by atoms with van der Waals surface area (Å²) in [6.07, 6.45) is 10.4. The summed E-state index contributed by atoms with van der Waals surface area (Å²) < 4.78 is 17.3. The van der Waals surface area contributed by atoms with E-state index in [0.29, 0.717) is 41.8 Å². The predicted octanol–water partition coefficient (Wildman–Crippen LogP) is 3.39. The number of nitrogens with zero attached hydrogens (tertiary/aromatic N) is 3. The maximum atomic E-state index is 11.1. The maximum Gasteiger partial charge on any atom is 0.242 e. The summed E-state index contributed by atoms with van der Waals surface area (Å²) in [7, 11) is 0. The van der Waals surface area contributed by atoms with E-state index in [4.69, 9.17) is 13.9 Å². The molecule has 0 unspecified atom stereocenters. The summed E-state index contributed by atoms with van der Waals surface area (Å²) in [5.41, 5.74) is 1.93. The van der Waals surface area contributed by atoms with E-state index in [2.05, 4.69) is 20.3 Å². The molecule has 8 nitrogen and oxygen atoms in total. The van der Waals surface area contributed by atoms with Crippen LogP contribution in [0.2, 0.25) is 0 Å². The Hall–Kier alpha value is -3.16.